The van der Waals surface area contributed by atoms with E-state index in [1.165, 1.54) is 6.26 Å². The van der Waals surface area contributed by atoms with E-state index in [0.29, 0.717) is 31.9 Å². The molecule has 2 amide bonds. The molecule has 0 saturated carbocycles. The minimum absolute atomic E-state index is 0.00309. The van der Waals surface area contributed by atoms with Crippen LogP contribution in [0.15, 0.2) is 41.0 Å². The molecule has 3 rings (SSSR count). The van der Waals surface area contributed by atoms with Gasteiger partial charge in [0.25, 0.3) is 11.8 Å². The van der Waals surface area contributed by atoms with Crippen LogP contribution in [0.25, 0.3) is 0 Å². The van der Waals surface area contributed by atoms with Gasteiger partial charge in [0.15, 0.2) is 5.76 Å². The van der Waals surface area contributed by atoms with Crippen molar-refractivity contribution in [3.63, 3.8) is 0 Å². The number of benzene rings is 1. The van der Waals surface area contributed by atoms with Crippen molar-refractivity contribution in [3.05, 3.63) is 59.0 Å². The third-order valence-electron chi connectivity index (χ3n) is 4.92. The highest BCUT2D eigenvalue weighted by Crippen LogP contribution is 2.25. The van der Waals surface area contributed by atoms with Crippen molar-refractivity contribution in [2.45, 2.75) is 33.1 Å². The summed E-state index contributed by atoms with van der Waals surface area (Å²) in [5.41, 5.74) is 2.88. The number of carbonyl (C=O) groups excluding carboxylic acids is 2. The van der Waals surface area contributed by atoms with Gasteiger partial charge in [-0.15, -0.1) is 0 Å². The van der Waals surface area contributed by atoms with Crippen LogP contribution in [0, 0.1) is 6.92 Å². The molecule has 5 nitrogen and oxygen atoms in total. The molecule has 26 heavy (non-hydrogen) atoms. The molecule has 1 aromatic carbocycles. The van der Waals surface area contributed by atoms with Crippen molar-refractivity contribution in [1.82, 2.24) is 9.80 Å². The van der Waals surface area contributed by atoms with E-state index in [1.807, 2.05) is 24.0 Å². The number of aryl methyl sites for hydroxylation is 1. The van der Waals surface area contributed by atoms with Gasteiger partial charge in [0, 0.05) is 31.7 Å². The molecule has 0 atom stereocenters. The molecule has 0 unspecified atom stereocenters. The second kappa shape index (κ2) is 6.98. The number of furan rings is 1. The maximum absolute atomic E-state index is 13.0. The summed E-state index contributed by atoms with van der Waals surface area (Å²) in [5, 5.41) is 0. The summed E-state index contributed by atoms with van der Waals surface area (Å²) >= 11 is 0. The fourth-order valence-corrected chi connectivity index (χ4v) is 3.16. The Bertz CT molecular complexity index is 795. The van der Waals surface area contributed by atoms with Crippen molar-refractivity contribution in [1.29, 1.82) is 0 Å². The molecule has 0 radical (unpaired) electrons. The summed E-state index contributed by atoms with van der Waals surface area (Å²) < 4.78 is 5.18. The van der Waals surface area contributed by atoms with Gasteiger partial charge in [-0.2, -0.15) is 0 Å². The minimum Gasteiger partial charge on any atom is -0.459 e. The van der Waals surface area contributed by atoms with E-state index in [0.717, 1.165) is 16.7 Å². The first-order chi connectivity index (χ1) is 12.3. The van der Waals surface area contributed by atoms with Crippen LogP contribution in [-0.2, 0) is 5.41 Å². The zero-order valence-corrected chi connectivity index (χ0v) is 15.9. The third kappa shape index (κ3) is 3.66. The Morgan fingerprint density at radius 2 is 1.58 bits per heavy atom. The third-order valence-corrected chi connectivity index (χ3v) is 4.92. The minimum atomic E-state index is -0.118. The van der Waals surface area contributed by atoms with Gasteiger partial charge in [-0.05, 0) is 41.7 Å². The van der Waals surface area contributed by atoms with Crippen LogP contribution < -0.4 is 0 Å². The summed E-state index contributed by atoms with van der Waals surface area (Å²) in [5.74, 6) is 0.269. The molecule has 5 heteroatoms. The van der Waals surface area contributed by atoms with Crippen LogP contribution in [0.2, 0.25) is 0 Å². The molecule has 0 spiro atoms. The predicted molar refractivity (Wildman–Crippen MR) is 100 cm³/mol. The first kappa shape index (κ1) is 18.2. The maximum Gasteiger partial charge on any atom is 0.289 e. The number of piperazine rings is 1. The lowest BCUT2D eigenvalue weighted by atomic mass is 9.85. The normalized spacial score (nSPS) is 15.2. The van der Waals surface area contributed by atoms with E-state index in [1.54, 1.807) is 17.0 Å². The summed E-state index contributed by atoms with van der Waals surface area (Å²) in [4.78, 5) is 28.9. The van der Waals surface area contributed by atoms with E-state index < -0.39 is 0 Å². The van der Waals surface area contributed by atoms with Crippen LogP contribution in [0.5, 0.6) is 0 Å². The quantitative estimate of drug-likeness (QED) is 0.830. The second-order valence-corrected chi connectivity index (χ2v) is 7.84. The van der Waals surface area contributed by atoms with E-state index >= 15 is 0 Å². The van der Waals surface area contributed by atoms with Crippen LogP contribution in [-0.4, -0.2) is 47.8 Å². The smallest absolute Gasteiger partial charge is 0.289 e. The average molecular weight is 354 g/mol. The molecule has 0 aliphatic carbocycles. The molecule has 2 aromatic rings. The molecule has 1 fully saturated rings. The Morgan fingerprint density at radius 1 is 0.962 bits per heavy atom. The second-order valence-electron chi connectivity index (χ2n) is 7.84. The number of rotatable bonds is 2. The summed E-state index contributed by atoms with van der Waals surface area (Å²) in [6, 6.07) is 9.49. The van der Waals surface area contributed by atoms with Gasteiger partial charge in [-0.25, -0.2) is 0 Å². The van der Waals surface area contributed by atoms with E-state index in [2.05, 4.69) is 26.8 Å². The number of carbonyl (C=O) groups is 2. The molecule has 1 aliphatic rings. The Morgan fingerprint density at radius 3 is 2.12 bits per heavy atom. The van der Waals surface area contributed by atoms with E-state index in [4.69, 9.17) is 4.42 Å². The number of hydrogen-bond acceptors (Lipinski definition) is 3. The Labute approximate surface area is 154 Å². The van der Waals surface area contributed by atoms with Crippen LogP contribution in [0.1, 0.15) is 52.8 Å². The molecule has 0 N–H and O–H groups in total. The highest BCUT2D eigenvalue weighted by molar-refractivity contribution is 5.96. The van der Waals surface area contributed by atoms with Gasteiger partial charge in [-0.1, -0.05) is 32.9 Å². The predicted octanol–water partition coefficient (Wildman–Crippen LogP) is 3.48. The van der Waals surface area contributed by atoms with Crippen molar-refractivity contribution in [2.24, 2.45) is 0 Å². The van der Waals surface area contributed by atoms with E-state index in [9.17, 15) is 9.59 Å². The molecular weight excluding hydrogens is 328 g/mol. The molecule has 0 bridgehead atoms. The zero-order valence-electron chi connectivity index (χ0n) is 15.9. The first-order valence-electron chi connectivity index (χ1n) is 9.00. The van der Waals surface area contributed by atoms with Crippen molar-refractivity contribution in [3.8, 4) is 0 Å². The zero-order chi connectivity index (χ0) is 18.9. The fourth-order valence-electron chi connectivity index (χ4n) is 3.16. The molecule has 1 aromatic heterocycles. The highest BCUT2D eigenvalue weighted by Gasteiger charge is 2.27. The summed E-state index contributed by atoms with van der Waals surface area (Å²) in [6.07, 6.45) is 1.50. The molecular formula is C21H26N2O3. The van der Waals surface area contributed by atoms with Gasteiger partial charge < -0.3 is 14.2 Å². The fraction of sp³-hybridized carbons (Fsp3) is 0.429. The van der Waals surface area contributed by atoms with Crippen molar-refractivity contribution >= 4 is 11.8 Å². The first-order valence-corrected chi connectivity index (χ1v) is 9.00. The average Bonchev–Trinajstić information content (AvgIpc) is 3.14. The number of nitrogens with zero attached hydrogens (tertiary/aromatic N) is 2. The number of amides is 2. The Kier molecular flexibility index (Phi) is 4.90. The van der Waals surface area contributed by atoms with E-state index in [-0.39, 0.29) is 17.2 Å². The topological polar surface area (TPSA) is 53.8 Å². The molecule has 2 heterocycles. The SMILES string of the molecule is Cc1ccc(C(C)(C)C)cc1C(=O)N1CCN(C(=O)c2ccco2)CC1. The van der Waals surface area contributed by atoms with Crippen LogP contribution in [0.4, 0.5) is 0 Å². The molecule has 138 valence electrons. The summed E-state index contributed by atoms with van der Waals surface area (Å²) in [7, 11) is 0. The largest absolute Gasteiger partial charge is 0.459 e. The lowest BCUT2D eigenvalue weighted by Crippen LogP contribution is -2.50. The standard InChI is InChI=1S/C21H26N2O3/c1-15-7-8-16(21(2,3)4)14-17(15)19(24)22-9-11-23(12-10-22)20(25)18-6-5-13-26-18/h5-8,13-14H,9-12H2,1-4H3. The molecule has 1 saturated heterocycles. The van der Waals surface area contributed by atoms with Gasteiger partial charge in [-0.3, -0.25) is 9.59 Å². The van der Waals surface area contributed by atoms with Gasteiger partial charge in [0.05, 0.1) is 6.26 Å². The van der Waals surface area contributed by atoms with Crippen molar-refractivity contribution in [2.75, 3.05) is 26.2 Å². The Hall–Kier alpha value is -2.56. The lowest BCUT2D eigenvalue weighted by Gasteiger charge is -2.34. The van der Waals surface area contributed by atoms with Gasteiger partial charge >= 0.3 is 0 Å². The number of hydrogen-bond donors (Lipinski definition) is 0. The Balaban J connectivity index is 1.70. The highest BCUT2D eigenvalue weighted by atomic mass is 16.3. The van der Waals surface area contributed by atoms with Gasteiger partial charge in [0.1, 0.15) is 0 Å². The van der Waals surface area contributed by atoms with Crippen molar-refractivity contribution < 1.29 is 14.0 Å². The molecule has 1 aliphatic heterocycles. The van der Waals surface area contributed by atoms with Gasteiger partial charge in [0.2, 0.25) is 0 Å². The monoisotopic (exact) mass is 354 g/mol. The van der Waals surface area contributed by atoms with Crippen LogP contribution >= 0.6 is 0 Å². The maximum atomic E-state index is 13.0. The lowest BCUT2D eigenvalue weighted by molar-refractivity contribution is 0.0517. The summed E-state index contributed by atoms with van der Waals surface area (Å²) in [6.45, 7) is 10.5. The van der Waals surface area contributed by atoms with Crippen LogP contribution in [0.3, 0.4) is 0 Å².